The van der Waals surface area contributed by atoms with Gasteiger partial charge in [-0.05, 0) is 12.1 Å². The third-order valence-electron chi connectivity index (χ3n) is 1.98. The maximum Gasteiger partial charge on any atom is 0.335 e. The van der Waals surface area contributed by atoms with Gasteiger partial charge >= 0.3 is 5.97 Å². The lowest BCUT2D eigenvalue weighted by Crippen LogP contribution is -2.19. The van der Waals surface area contributed by atoms with Crippen molar-refractivity contribution < 1.29 is 9.90 Å². The molecule has 0 aliphatic rings. The second-order valence-electron chi connectivity index (χ2n) is 3.08. The van der Waals surface area contributed by atoms with Gasteiger partial charge in [-0.25, -0.2) is 9.78 Å². The third kappa shape index (κ3) is 2.99. The largest absolute Gasteiger partial charge is 0.478 e. The molecule has 0 aromatic carbocycles. The van der Waals surface area contributed by atoms with Crippen molar-refractivity contribution in [2.24, 2.45) is 0 Å². The van der Waals surface area contributed by atoms with Crippen LogP contribution in [-0.4, -0.2) is 29.7 Å². The molecular weight excluding hydrogens is 192 g/mol. The van der Waals surface area contributed by atoms with E-state index in [4.69, 9.17) is 11.5 Å². The number of aromatic carboxylic acids is 1. The SMILES string of the molecule is C#CCCN(C)c1cc(C(=O)O)ccn1. The Morgan fingerprint density at radius 2 is 2.47 bits per heavy atom. The van der Waals surface area contributed by atoms with Crippen LogP contribution in [0, 0.1) is 12.3 Å². The molecule has 0 saturated carbocycles. The van der Waals surface area contributed by atoms with Gasteiger partial charge in [0, 0.05) is 26.2 Å². The van der Waals surface area contributed by atoms with Crippen LogP contribution in [0.4, 0.5) is 5.82 Å². The normalized spacial score (nSPS) is 9.33. The molecule has 4 heteroatoms. The zero-order valence-electron chi connectivity index (χ0n) is 8.47. The van der Waals surface area contributed by atoms with Crippen molar-refractivity contribution in [1.82, 2.24) is 4.98 Å². The highest BCUT2D eigenvalue weighted by molar-refractivity contribution is 5.88. The van der Waals surface area contributed by atoms with Crippen molar-refractivity contribution in [1.29, 1.82) is 0 Å². The number of hydrogen-bond acceptors (Lipinski definition) is 3. The van der Waals surface area contributed by atoms with Gasteiger partial charge in [0.15, 0.2) is 0 Å². The molecule has 0 spiro atoms. The molecule has 78 valence electrons. The molecule has 1 heterocycles. The number of anilines is 1. The average molecular weight is 204 g/mol. The standard InChI is InChI=1S/C11H12N2O2/c1-3-4-7-13(2)10-8-9(11(14)15)5-6-12-10/h1,5-6,8H,4,7H2,2H3,(H,14,15). The Morgan fingerprint density at radius 1 is 1.73 bits per heavy atom. The maximum absolute atomic E-state index is 10.7. The van der Waals surface area contributed by atoms with Crippen LogP contribution in [0.2, 0.25) is 0 Å². The van der Waals surface area contributed by atoms with Crippen molar-refractivity contribution in [3.63, 3.8) is 0 Å². The molecule has 1 aromatic heterocycles. The van der Waals surface area contributed by atoms with Crippen molar-refractivity contribution in [3.05, 3.63) is 23.9 Å². The summed E-state index contributed by atoms with van der Waals surface area (Å²) in [5.41, 5.74) is 0.229. The fourth-order valence-electron chi connectivity index (χ4n) is 1.11. The highest BCUT2D eigenvalue weighted by Gasteiger charge is 2.06. The molecule has 0 aliphatic heterocycles. The first-order valence-electron chi connectivity index (χ1n) is 4.49. The molecule has 0 atom stereocenters. The van der Waals surface area contributed by atoms with Crippen molar-refractivity contribution in [2.75, 3.05) is 18.5 Å². The first kappa shape index (κ1) is 11.1. The molecule has 0 unspecified atom stereocenters. The summed E-state index contributed by atoms with van der Waals surface area (Å²) in [6, 6.07) is 2.99. The summed E-state index contributed by atoms with van der Waals surface area (Å²) in [4.78, 5) is 16.6. The van der Waals surface area contributed by atoms with Gasteiger partial charge in [-0.3, -0.25) is 0 Å². The molecule has 1 rings (SSSR count). The molecule has 0 fully saturated rings. The highest BCUT2D eigenvalue weighted by Crippen LogP contribution is 2.11. The minimum atomic E-state index is -0.955. The van der Waals surface area contributed by atoms with E-state index in [0.29, 0.717) is 18.8 Å². The monoisotopic (exact) mass is 204 g/mol. The number of terminal acetylenes is 1. The summed E-state index contributed by atoms with van der Waals surface area (Å²) in [6.07, 6.45) is 7.23. The van der Waals surface area contributed by atoms with E-state index < -0.39 is 5.97 Å². The number of rotatable bonds is 4. The van der Waals surface area contributed by atoms with Crippen LogP contribution < -0.4 is 4.90 Å². The number of carbonyl (C=O) groups is 1. The van der Waals surface area contributed by atoms with Gasteiger partial charge < -0.3 is 10.0 Å². The quantitative estimate of drug-likeness (QED) is 0.750. The highest BCUT2D eigenvalue weighted by atomic mass is 16.4. The van der Waals surface area contributed by atoms with Gasteiger partial charge in [-0.15, -0.1) is 12.3 Å². The second-order valence-corrected chi connectivity index (χ2v) is 3.08. The van der Waals surface area contributed by atoms with E-state index in [1.165, 1.54) is 18.3 Å². The van der Waals surface area contributed by atoms with E-state index in [9.17, 15) is 4.79 Å². The number of pyridine rings is 1. The van der Waals surface area contributed by atoms with Crippen LogP contribution in [0.5, 0.6) is 0 Å². The summed E-state index contributed by atoms with van der Waals surface area (Å²) < 4.78 is 0. The van der Waals surface area contributed by atoms with Gasteiger partial charge in [0.05, 0.1) is 5.56 Å². The lowest BCUT2D eigenvalue weighted by Gasteiger charge is -2.16. The Bertz CT molecular complexity index is 396. The summed E-state index contributed by atoms with van der Waals surface area (Å²) in [7, 11) is 1.82. The van der Waals surface area contributed by atoms with Crippen LogP contribution in [0.1, 0.15) is 16.8 Å². The summed E-state index contributed by atoms with van der Waals surface area (Å²) in [6.45, 7) is 0.659. The fourth-order valence-corrected chi connectivity index (χ4v) is 1.11. The van der Waals surface area contributed by atoms with Crippen LogP contribution in [0.15, 0.2) is 18.3 Å². The average Bonchev–Trinajstić information content (AvgIpc) is 2.26. The molecule has 15 heavy (non-hydrogen) atoms. The first-order valence-corrected chi connectivity index (χ1v) is 4.49. The van der Waals surface area contributed by atoms with E-state index in [1.807, 2.05) is 11.9 Å². The number of carboxylic acids is 1. The van der Waals surface area contributed by atoms with Crippen molar-refractivity contribution in [3.8, 4) is 12.3 Å². The van der Waals surface area contributed by atoms with E-state index in [-0.39, 0.29) is 5.56 Å². The van der Waals surface area contributed by atoms with Gasteiger partial charge in [0.1, 0.15) is 5.82 Å². The molecule has 0 amide bonds. The van der Waals surface area contributed by atoms with Crippen LogP contribution >= 0.6 is 0 Å². The van der Waals surface area contributed by atoms with Gasteiger partial charge in [0.25, 0.3) is 0 Å². The number of hydrogen-bond donors (Lipinski definition) is 1. The zero-order valence-corrected chi connectivity index (χ0v) is 8.47. The maximum atomic E-state index is 10.7. The zero-order chi connectivity index (χ0) is 11.3. The third-order valence-corrected chi connectivity index (χ3v) is 1.98. The molecule has 0 saturated heterocycles. The molecular formula is C11H12N2O2. The van der Waals surface area contributed by atoms with Crippen LogP contribution in [0.3, 0.4) is 0 Å². The van der Waals surface area contributed by atoms with Crippen molar-refractivity contribution in [2.45, 2.75) is 6.42 Å². The molecule has 0 radical (unpaired) electrons. The lowest BCUT2D eigenvalue weighted by atomic mass is 10.2. The number of nitrogens with zero attached hydrogens (tertiary/aromatic N) is 2. The van der Waals surface area contributed by atoms with E-state index in [2.05, 4.69) is 10.9 Å². The molecule has 1 N–H and O–H groups in total. The Balaban J connectivity index is 2.81. The second kappa shape index (κ2) is 5.01. The van der Waals surface area contributed by atoms with Gasteiger partial charge in [0.2, 0.25) is 0 Å². The Kier molecular flexibility index (Phi) is 3.69. The van der Waals surface area contributed by atoms with Gasteiger partial charge in [-0.1, -0.05) is 0 Å². The summed E-state index contributed by atoms with van der Waals surface area (Å²) in [5.74, 6) is 2.18. The van der Waals surface area contributed by atoms with Crippen molar-refractivity contribution >= 4 is 11.8 Å². The fraction of sp³-hybridized carbons (Fsp3) is 0.273. The Hall–Kier alpha value is -2.02. The number of carboxylic acid groups (broad SMARTS) is 1. The predicted octanol–water partition coefficient (Wildman–Crippen LogP) is 1.24. The van der Waals surface area contributed by atoms with E-state index in [0.717, 1.165) is 0 Å². The molecule has 4 nitrogen and oxygen atoms in total. The minimum Gasteiger partial charge on any atom is -0.478 e. The molecule has 1 aromatic rings. The Labute approximate surface area is 88.6 Å². The topological polar surface area (TPSA) is 53.4 Å². The minimum absolute atomic E-state index is 0.229. The smallest absolute Gasteiger partial charge is 0.335 e. The lowest BCUT2D eigenvalue weighted by molar-refractivity contribution is 0.0697. The van der Waals surface area contributed by atoms with E-state index in [1.54, 1.807) is 0 Å². The first-order chi connectivity index (χ1) is 7.15. The Morgan fingerprint density at radius 3 is 3.07 bits per heavy atom. The summed E-state index contributed by atoms with van der Waals surface area (Å²) in [5, 5.41) is 8.79. The molecule has 0 bridgehead atoms. The predicted molar refractivity (Wildman–Crippen MR) is 57.9 cm³/mol. The number of aromatic nitrogens is 1. The van der Waals surface area contributed by atoms with E-state index >= 15 is 0 Å². The molecule has 0 aliphatic carbocycles. The van der Waals surface area contributed by atoms with Crippen LogP contribution in [-0.2, 0) is 0 Å². The summed E-state index contributed by atoms with van der Waals surface area (Å²) >= 11 is 0. The van der Waals surface area contributed by atoms with Gasteiger partial charge in [-0.2, -0.15) is 0 Å². The van der Waals surface area contributed by atoms with Crippen LogP contribution in [0.25, 0.3) is 0 Å².